The molecule has 0 aliphatic carbocycles. The van der Waals surface area contributed by atoms with Gasteiger partial charge in [0, 0.05) is 6.04 Å². The van der Waals surface area contributed by atoms with Crippen LogP contribution in [-0.4, -0.2) is 32.4 Å². The summed E-state index contributed by atoms with van der Waals surface area (Å²) in [6.07, 6.45) is 3.09. The van der Waals surface area contributed by atoms with E-state index in [4.69, 9.17) is 5.14 Å². The monoisotopic (exact) mass is 282 g/mol. The van der Waals surface area contributed by atoms with Gasteiger partial charge in [0.05, 0.1) is 4.90 Å². The number of rotatable bonds is 4. The van der Waals surface area contributed by atoms with Crippen molar-refractivity contribution in [2.24, 2.45) is 5.14 Å². The lowest BCUT2D eigenvalue weighted by atomic mass is 10.0. The molecular weight excluding hydrogens is 260 g/mol. The van der Waals surface area contributed by atoms with Gasteiger partial charge < -0.3 is 4.90 Å². The summed E-state index contributed by atoms with van der Waals surface area (Å²) in [5.74, 6) is 0. The molecule has 1 heterocycles. The molecule has 2 rings (SSSR count). The summed E-state index contributed by atoms with van der Waals surface area (Å²) in [6, 6.07) is 5.82. The van der Waals surface area contributed by atoms with Gasteiger partial charge in [-0.1, -0.05) is 24.6 Å². The Labute approximate surface area is 115 Å². The van der Waals surface area contributed by atoms with Gasteiger partial charge in [0.2, 0.25) is 10.0 Å². The van der Waals surface area contributed by atoms with Crippen molar-refractivity contribution < 1.29 is 8.42 Å². The molecule has 0 bridgehead atoms. The first-order valence-electron chi connectivity index (χ1n) is 6.78. The quantitative estimate of drug-likeness (QED) is 0.913. The molecule has 1 aromatic rings. The van der Waals surface area contributed by atoms with Gasteiger partial charge in [-0.25, -0.2) is 13.6 Å². The van der Waals surface area contributed by atoms with Crippen molar-refractivity contribution in [2.45, 2.75) is 44.0 Å². The molecule has 1 saturated heterocycles. The summed E-state index contributed by atoms with van der Waals surface area (Å²) in [5, 5.41) is 5.31. The molecular formula is C14H22N2O2S. The normalized spacial score (nSPS) is 20.9. The number of benzene rings is 1. The second-order valence-electron chi connectivity index (χ2n) is 5.28. The molecule has 0 saturated carbocycles. The topological polar surface area (TPSA) is 63.4 Å². The first kappa shape index (κ1) is 14.5. The van der Waals surface area contributed by atoms with Crippen LogP contribution in [0.2, 0.25) is 0 Å². The Morgan fingerprint density at radius 2 is 2.16 bits per heavy atom. The van der Waals surface area contributed by atoms with Gasteiger partial charge in [0.25, 0.3) is 0 Å². The van der Waals surface area contributed by atoms with Crippen LogP contribution in [-0.2, 0) is 16.4 Å². The first-order chi connectivity index (χ1) is 8.91. The van der Waals surface area contributed by atoms with Crippen molar-refractivity contribution in [3.63, 3.8) is 0 Å². The van der Waals surface area contributed by atoms with Crippen molar-refractivity contribution in [3.8, 4) is 0 Å². The predicted octanol–water partition coefficient (Wildman–Crippen LogP) is 1.67. The third-order valence-electron chi connectivity index (χ3n) is 3.88. The number of hydrogen-bond acceptors (Lipinski definition) is 3. The molecule has 1 aliphatic heterocycles. The number of likely N-dealkylation sites (tertiary alicyclic amines) is 1. The smallest absolute Gasteiger partial charge is 0.238 e. The van der Waals surface area contributed by atoms with Gasteiger partial charge in [0.15, 0.2) is 0 Å². The molecule has 1 aliphatic rings. The second kappa shape index (κ2) is 5.61. The van der Waals surface area contributed by atoms with E-state index in [1.165, 1.54) is 6.42 Å². The van der Waals surface area contributed by atoms with Crippen molar-refractivity contribution in [2.75, 3.05) is 13.1 Å². The lowest BCUT2D eigenvalue weighted by Crippen LogP contribution is -2.31. The average molecular weight is 282 g/mol. The van der Waals surface area contributed by atoms with Crippen LogP contribution in [0.3, 0.4) is 0 Å². The number of likely N-dealkylation sites (N-methyl/N-ethyl adjacent to an activating group) is 1. The summed E-state index contributed by atoms with van der Waals surface area (Å²) in [7, 11) is -3.63. The summed E-state index contributed by atoms with van der Waals surface area (Å²) in [4.78, 5) is 2.69. The van der Waals surface area contributed by atoms with Gasteiger partial charge in [-0.05, 0) is 50.9 Å². The number of aryl methyl sites for hydroxylation is 1. The van der Waals surface area contributed by atoms with E-state index in [1.54, 1.807) is 12.1 Å². The SMILES string of the molecule is CCN1CCC[C@@H]1Cc1cc(C)ccc1S(N)(=O)=O. The number of nitrogens with zero attached hydrogens (tertiary/aromatic N) is 1. The molecule has 0 aromatic heterocycles. The van der Waals surface area contributed by atoms with E-state index in [2.05, 4.69) is 11.8 Å². The molecule has 106 valence electrons. The van der Waals surface area contributed by atoms with Crippen LogP contribution < -0.4 is 5.14 Å². The second-order valence-corrected chi connectivity index (χ2v) is 6.81. The zero-order valence-electron chi connectivity index (χ0n) is 11.6. The number of nitrogens with two attached hydrogens (primary N) is 1. The van der Waals surface area contributed by atoms with Gasteiger partial charge >= 0.3 is 0 Å². The fourth-order valence-corrected chi connectivity index (χ4v) is 3.71. The van der Waals surface area contributed by atoms with Crippen LogP contribution in [0.5, 0.6) is 0 Å². The number of hydrogen-bond donors (Lipinski definition) is 1. The highest BCUT2D eigenvalue weighted by Gasteiger charge is 2.25. The third kappa shape index (κ3) is 3.35. The predicted molar refractivity (Wildman–Crippen MR) is 76.5 cm³/mol. The zero-order chi connectivity index (χ0) is 14.0. The maximum Gasteiger partial charge on any atom is 0.238 e. The molecule has 1 atom stereocenters. The largest absolute Gasteiger partial charge is 0.300 e. The van der Waals surface area contributed by atoms with Gasteiger partial charge in [0.1, 0.15) is 0 Å². The number of sulfonamides is 1. The maximum absolute atomic E-state index is 11.7. The van der Waals surface area contributed by atoms with E-state index in [-0.39, 0.29) is 4.90 Å². The summed E-state index contributed by atoms with van der Waals surface area (Å²) in [5.41, 5.74) is 1.93. The fourth-order valence-electron chi connectivity index (χ4n) is 2.94. The minimum atomic E-state index is -3.63. The van der Waals surface area contributed by atoms with Crippen LogP contribution in [0.1, 0.15) is 30.9 Å². The van der Waals surface area contributed by atoms with Crippen molar-refractivity contribution in [3.05, 3.63) is 29.3 Å². The van der Waals surface area contributed by atoms with Crippen LogP contribution in [0.25, 0.3) is 0 Å². The van der Waals surface area contributed by atoms with E-state index in [1.807, 2.05) is 13.0 Å². The first-order valence-corrected chi connectivity index (χ1v) is 8.33. The molecule has 1 fully saturated rings. The molecule has 19 heavy (non-hydrogen) atoms. The van der Waals surface area contributed by atoms with Crippen LogP contribution in [0, 0.1) is 6.92 Å². The molecule has 5 heteroatoms. The van der Waals surface area contributed by atoms with Gasteiger partial charge in [-0.15, -0.1) is 0 Å². The molecule has 4 nitrogen and oxygen atoms in total. The van der Waals surface area contributed by atoms with E-state index >= 15 is 0 Å². The Kier molecular flexibility index (Phi) is 4.28. The summed E-state index contributed by atoms with van der Waals surface area (Å²) >= 11 is 0. The molecule has 1 aromatic carbocycles. The Hall–Kier alpha value is -0.910. The van der Waals surface area contributed by atoms with Crippen molar-refractivity contribution in [1.82, 2.24) is 4.90 Å². The highest BCUT2D eigenvalue weighted by molar-refractivity contribution is 7.89. The Bertz CT molecular complexity index is 555. The third-order valence-corrected chi connectivity index (χ3v) is 4.89. The fraction of sp³-hybridized carbons (Fsp3) is 0.571. The van der Waals surface area contributed by atoms with E-state index in [9.17, 15) is 8.42 Å². The minimum Gasteiger partial charge on any atom is -0.300 e. The Morgan fingerprint density at radius 3 is 2.79 bits per heavy atom. The maximum atomic E-state index is 11.7. The molecule has 0 spiro atoms. The Morgan fingerprint density at radius 1 is 1.42 bits per heavy atom. The van der Waals surface area contributed by atoms with Crippen LogP contribution >= 0.6 is 0 Å². The van der Waals surface area contributed by atoms with Crippen molar-refractivity contribution in [1.29, 1.82) is 0 Å². The van der Waals surface area contributed by atoms with Crippen molar-refractivity contribution >= 4 is 10.0 Å². The lowest BCUT2D eigenvalue weighted by molar-refractivity contribution is 0.265. The van der Waals surface area contributed by atoms with Crippen LogP contribution in [0.4, 0.5) is 0 Å². The lowest BCUT2D eigenvalue weighted by Gasteiger charge is -2.23. The minimum absolute atomic E-state index is 0.279. The van der Waals surface area contributed by atoms with E-state index in [0.29, 0.717) is 6.04 Å². The van der Waals surface area contributed by atoms with E-state index < -0.39 is 10.0 Å². The molecule has 2 N–H and O–H groups in total. The highest BCUT2D eigenvalue weighted by atomic mass is 32.2. The molecule has 0 amide bonds. The molecule has 0 radical (unpaired) electrons. The van der Waals surface area contributed by atoms with Gasteiger partial charge in [-0.3, -0.25) is 0 Å². The zero-order valence-corrected chi connectivity index (χ0v) is 12.4. The standard InChI is InChI=1S/C14H22N2O2S/c1-3-16-8-4-5-13(16)10-12-9-11(2)6-7-14(12)19(15,17)18/h6-7,9,13H,3-5,8,10H2,1-2H3,(H2,15,17,18)/t13-/m1/s1. The molecule has 0 unspecified atom stereocenters. The summed E-state index contributed by atoms with van der Waals surface area (Å²) in [6.45, 7) is 6.25. The van der Waals surface area contributed by atoms with Gasteiger partial charge in [-0.2, -0.15) is 0 Å². The Balaban J connectivity index is 2.31. The highest BCUT2D eigenvalue weighted by Crippen LogP contribution is 2.24. The van der Waals surface area contributed by atoms with Crippen LogP contribution in [0.15, 0.2) is 23.1 Å². The summed E-state index contributed by atoms with van der Waals surface area (Å²) < 4.78 is 23.3. The van der Waals surface area contributed by atoms with E-state index in [0.717, 1.165) is 37.1 Å². The number of primary sulfonamides is 1. The average Bonchev–Trinajstić information content (AvgIpc) is 2.74.